The Morgan fingerprint density at radius 3 is 1.96 bits per heavy atom. The quantitative estimate of drug-likeness (QED) is 0.190. The van der Waals surface area contributed by atoms with Crippen molar-refractivity contribution in [2.24, 2.45) is 0 Å². The molecule has 0 bridgehead atoms. The van der Waals surface area contributed by atoms with E-state index in [0.717, 1.165) is 77.6 Å². The Labute approximate surface area is 282 Å². The lowest BCUT2D eigenvalue weighted by Gasteiger charge is -2.26. The second kappa shape index (κ2) is 11.0. The maximum atomic E-state index is 6.54. The van der Waals surface area contributed by atoms with Crippen molar-refractivity contribution in [3.8, 4) is 22.6 Å². The van der Waals surface area contributed by atoms with Gasteiger partial charge >= 0.3 is 0 Å². The zero-order chi connectivity index (χ0) is 32.3. The van der Waals surface area contributed by atoms with E-state index in [4.69, 9.17) is 13.8 Å². The van der Waals surface area contributed by atoms with Gasteiger partial charge in [0, 0.05) is 39.0 Å². The van der Waals surface area contributed by atoms with Crippen LogP contribution in [-0.4, -0.2) is 4.98 Å². The van der Waals surface area contributed by atoms with Gasteiger partial charge in [0.2, 0.25) is 5.89 Å². The van der Waals surface area contributed by atoms with Crippen LogP contribution in [0, 0.1) is 0 Å². The topological polar surface area (TPSA) is 42.4 Å². The highest BCUT2D eigenvalue weighted by molar-refractivity contribution is 6.07. The SMILES string of the molecule is c1ccc2cc(N(c3ccc(-c4cccc5nc(-c6cccc7ccccc67)oc45)cc3)c3ccc4oc5ccccc5c4c3)ccc2c1. The van der Waals surface area contributed by atoms with E-state index < -0.39 is 0 Å². The molecule has 0 atom stereocenters. The number of para-hydroxylation sites is 2. The highest BCUT2D eigenvalue weighted by atomic mass is 16.3. The number of fused-ring (bicyclic) bond motifs is 6. The first-order chi connectivity index (χ1) is 24.3. The summed E-state index contributed by atoms with van der Waals surface area (Å²) in [4.78, 5) is 7.24. The molecular weight excluding hydrogens is 601 g/mol. The molecule has 0 fully saturated rings. The Morgan fingerprint density at radius 2 is 1.06 bits per heavy atom. The Kier molecular flexibility index (Phi) is 6.15. The molecule has 0 aliphatic rings. The number of anilines is 3. The molecule has 0 amide bonds. The monoisotopic (exact) mass is 628 g/mol. The van der Waals surface area contributed by atoms with Crippen LogP contribution < -0.4 is 4.90 Å². The third kappa shape index (κ3) is 4.57. The van der Waals surface area contributed by atoms with Crippen LogP contribution in [0.2, 0.25) is 0 Å². The molecule has 2 aromatic heterocycles. The van der Waals surface area contributed by atoms with Gasteiger partial charge in [0.25, 0.3) is 0 Å². The standard InChI is InChI=1S/C45H28N2O2/c1-2-11-32-27-34(24-19-29(32)9-1)47(35-25-26-43-40(28-35)38-14-5-6-18-42(38)48-43)33-22-20-31(21-23-33)37-15-8-17-41-44(37)49-45(46-41)39-16-7-12-30-10-3-4-13-36(30)39/h1-28H. The van der Waals surface area contributed by atoms with Crippen molar-refractivity contribution in [3.05, 3.63) is 170 Å². The van der Waals surface area contributed by atoms with Gasteiger partial charge in [-0.3, -0.25) is 0 Å². The van der Waals surface area contributed by atoms with E-state index in [0.29, 0.717) is 5.89 Å². The molecule has 4 nitrogen and oxygen atoms in total. The van der Waals surface area contributed by atoms with Crippen molar-refractivity contribution in [2.45, 2.75) is 0 Å². The molecule has 2 heterocycles. The molecule has 0 aliphatic heterocycles. The number of benzene rings is 8. The molecule has 8 aromatic carbocycles. The molecule has 4 heteroatoms. The van der Waals surface area contributed by atoms with Gasteiger partial charge < -0.3 is 13.7 Å². The van der Waals surface area contributed by atoms with E-state index in [2.05, 4.69) is 150 Å². The number of aromatic nitrogens is 1. The highest BCUT2D eigenvalue weighted by Crippen LogP contribution is 2.41. The normalized spacial score (nSPS) is 11.7. The predicted molar refractivity (Wildman–Crippen MR) is 202 cm³/mol. The molecule has 49 heavy (non-hydrogen) atoms. The van der Waals surface area contributed by atoms with Gasteiger partial charge in [0.15, 0.2) is 5.58 Å². The molecule has 10 aromatic rings. The zero-order valence-electron chi connectivity index (χ0n) is 26.4. The smallest absolute Gasteiger partial charge is 0.227 e. The van der Waals surface area contributed by atoms with Gasteiger partial charge in [-0.2, -0.15) is 0 Å². The second-order valence-electron chi connectivity index (χ2n) is 12.4. The molecule has 0 spiro atoms. The Bertz CT molecular complexity index is 2840. The number of rotatable bonds is 5. The average Bonchev–Trinajstić information content (AvgIpc) is 3.77. The van der Waals surface area contributed by atoms with E-state index in [1.165, 1.54) is 10.8 Å². The maximum absolute atomic E-state index is 6.54. The van der Waals surface area contributed by atoms with E-state index in [9.17, 15) is 0 Å². The Hall–Kier alpha value is -6.65. The van der Waals surface area contributed by atoms with Crippen molar-refractivity contribution in [1.29, 1.82) is 0 Å². The molecular formula is C45H28N2O2. The lowest BCUT2D eigenvalue weighted by atomic mass is 10.0. The van der Waals surface area contributed by atoms with E-state index >= 15 is 0 Å². The molecule has 0 radical (unpaired) electrons. The first kappa shape index (κ1) is 27.5. The molecule has 0 saturated carbocycles. The lowest BCUT2D eigenvalue weighted by molar-refractivity contribution is 0.621. The van der Waals surface area contributed by atoms with Crippen LogP contribution in [0.3, 0.4) is 0 Å². The van der Waals surface area contributed by atoms with Crippen molar-refractivity contribution < 1.29 is 8.83 Å². The number of nitrogens with zero attached hydrogens (tertiary/aromatic N) is 2. The van der Waals surface area contributed by atoms with Crippen molar-refractivity contribution in [3.63, 3.8) is 0 Å². The van der Waals surface area contributed by atoms with Gasteiger partial charge in [-0.15, -0.1) is 0 Å². The van der Waals surface area contributed by atoms with E-state index in [1.54, 1.807) is 0 Å². The minimum atomic E-state index is 0.625. The maximum Gasteiger partial charge on any atom is 0.227 e. The van der Waals surface area contributed by atoms with Crippen LogP contribution >= 0.6 is 0 Å². The fourth-order valence-corrected chi connectivity index (χ4v) is 7.11. The van der Waals surface area contributed by atoms with Crippen LogP contribution in [0.5, 0.6) is 0 Å². The van der Waals surface area contributed by atoms with Crippen molar-refractivity contribution >= 4 is 71.6 Å². The van der Waals surface area contributed by atoms with Gasteiger partial charge in [-0.1, -0.05) is 109 Å². The van der Waals surface area contributed by atoms with Crippen LogP contribution in [0.4, 0.5) is 17.1 Å². The largest absolute Gasteiger partial charge is 0.456 e. The summed E-state index contributed by atoms with van der Waals surface area (Å²) in [6.45, 7) is 0. The average molecular weight is 629 g/mol. The first-order valence-electron chi connectivity index (χ1n) is 16.5. The third-order valence-corrected chi connectivity index (χ3v) is 9.48. The third-order valence-electron chi connectivity index (χ3n) is 9.48. The summed E-state index contributed by atoms with van der Waals surface area (Å²) in [5.74, 6) is 0.625. The predicted octanol–water partition coefficient (Wildman–Crippen LogP) is 12.8. The summed E-state index contributed by atoms with van der Waals surface area (Å²) in [6.07, 6.45) is 0. The molecule has 0 unspecified atom stereocenters. The minimum absolute atomic E-state index is 0.625. The number of oxazole rings is 1. The minimum Gasteiger partial charge on any atom is -0.456 e. The van der Waals surface area contributed by atoms with Crippen LogP contribution in [0.1, 0.15) is 0 Å². The molecule has 0 N–H and O–H groups in total. The van der Waals surface area contributed by atoms with Gasteiger partial charge in [-0.25, -0.2) is 4.98 Å². The molecule has 0 saturated heterocycles. The van der Waals surface area contributed by atoms with Gasteiger partial charge in [0.05, 0.1) is 0 Å². The first-order valence-corrected chi connectivity index (χ1v) is 16.5. The molecule has 0 aliphatic carbocycles. The van der Waals surface area contributed by atoms with Crippen LogP contribution in [-0.2, 0) is 0 Å². The number of hydrogen-bond acceptors (Lipinski definition) is 4. The van der Waals surface area contributed by atoms with Crippen molar-refractivity contribution in [2.75, 3.05) is 4.90 Å². The van der Waals surface area contributed by atoms with Gasteiger partial charge in [0.1, 0.15) is 16.7 Å². The fourth-order valence-electron chi connectivity index (χ4n) is 7.11. The lowest BCUT2D eigenvalue weighted by Crippen LogP contribution is -2.09. The Balaban J connectivity index is 1.09. The highest BCUT2D eigenvalue weighted by Gasteiger charge is 2.18. The Morgan fingerprint density at radius 1 is 0.408 bits per heavy atom. The molecule has 10 rings (SSSR count). The van der Waals surface area contributed by atoms with Crippen LogP contribution in [0.15, 0.2) is 179 Å². The summed E-state index contributed by atoms with van der Waals surface area (Å²) in [5.41, 5.74) is 9.62. The molecule has 230 valence electrons. The summed E-state index contributed by atoms with van der Waals surface area (Å²) in [7, 11) is 0. The van der Waals surface area contributed by atoms with Gasteiger partial charge in [-0.05, 0) is 87.8 Å². The summed E-state index contributed by atoms with van der Waals surface area (Å²) in [5, 5.41) is 6.88. The van der Waals surface area contributed by atoms with E-state index in [-0.39, 0.29) is 0 Å². The van der Waals surface area contributed by atoms with E-state index in [1.807, 2.05) is 24.3 Å². The number of hydrogen-bond donors (Lipinski definition) is 0. The van der Waals surface area contributed by atoms with Crippen molar-refractivity contribution in [1.82, 2.24) is 4.98 Å². The summed E-state index contributed by atoms with van der Waals surface area (Å²) < 4.78 is 12.7. The zero-order valence-corrected chi connectivity index (χ0v) is 26.4. The second-order valence-corrected chi connectivity index (χ2v) is 12.4. The summed E-state index contributed by atoms with van der Waals surface area (Å²) in [6, 6.07) is 59.2. The van der Waals surface area contributed by atoms with Crippen LogP contribution in [0.25, 0.3) is 77.2 Å². The summed E-state index contributed by atoms with van der Waals surface area (Å²) >= 11 is 0. The fraction of sp³-hybridized carbons (Fsp3) is 0. The number of furan rings is 1.